The largest absolute Gasteiger partial charge is 0.507 e. The molecule has 0 radical (unpaired) electrons. The van der Waals surface area contributed by atoms with Crippen LogP contribution < -0.4 is 0 Å². The minimum Gasteiger partial charge on any atom is -0.507 e. The lowest BCUT2D eigenvalue weighted by Gasteiger charge is -2.46. The quantitative estimate of drug-likeness (QED) is 0.814. The molecule has 1 aromatic rings. The molecular formula is C22H26O4. The molecule has 4 heteroatoms. The van der Waals surface area contributed by atoms with Crippen LogP contribution in [0.4, 0.5) is 0 Å². The fourth-order valence-corrected chi connectivity index (χ4v) is 4.22. The molecule has 1 atom stereocenters. The van der Waals surface area contributed by atoms with Gasteiger partial charge in [-0.15, -0.1) is 0 Å². The highest BCUT2D eigenvalue weighted by Gasteiger charge is 2.53. The van der Waals surface area contributed by atoms with Crippen LogP contribution in [0.3, 0.4) is 0 Å². The normalized spacial score (nSPS) is 21.9. The highest BCUT2D eigenvalue weighted by atomic mass is 16.5. The zero-order valence-corrected chi connectivity index (χ0v) is 15.8. The molecule has 4 nitrogen and oxygen atoms in total. The average molecular weight is 354 g/mol. The molecule has 1 heterocycles. The molecule has 2 aliphatic rings. The van der Waals surface area contributed by atoms with Crippen LogP contribution in [0, 0.1) is 5.41 Å². The van der Waals surface area contributed by atoms with Gasteiger partial charge in [-0.2, -0.15) is 0 Å². The lowest BCUT2D eigenvalue weighted by atomic mass is 9.66. The molecule has 0 spiro atoms. The van der Waals surface area contributed by atoms with Crippen LogP contribution in [0.2, 0.25) is 0 Å². The Hall–Kier alpha value is -2.49. The maximum Gasteiger partial charge on any atom is 0.193 e. The monoisotopic (exact) mass is 354 g/mol. The van der Waals surface area contributed by atoms with Gasteiger partial charge in [-0.3, -0.25) is 4.79 Å². The topological polar surface area (TPSA) is 55.8 Å². The van der Waals surface area contributed by atoms with E-state index >= 15 is 0 Å². The lowest BCUT2D eigenvalue weighted by Crippen LogP contribution is -2.46. The van der Waals surface area contributed by atoms with Gasteiger partial charge in [0.05, 0.1) is 18.1 Å². The van der Waals surface area contributed by atoms with Crippen molar-refractivity contribution in [3.05, 3.63) is 64.6 Å². The summed E-state index contributed by atoms with van der Waals surface area (Å²) in [6.45, 7) is 6.11. The van der Waals surface area contributed by atoms with Crippen molar-refractivity contribution in [2.45, 2.75) is 46.1 Å². The summed E-state index contributed by atoms with van der Waals surface area (Å²) in [5.41, 5.74) is 1.43. The summed E-state index contributed by atoms with van der Waals surface area (Å²) in [5, 5.41) is 10.8. The number of hydrogen-bond donors (Lipinski definition) is 1. The Balaban J connectivity index is 2.21. The molecule has 1 aromatic carbocycles. The van der Waals surface area contributed by atoms with Gasteiger partial charge in [-0.25, -0.2) is 0 Å². The average Bonchev–Trinajstić information content (AvgIpc) is 2.68. The number of methoxy groups -OCH3 is 1. The SMILES string of the molecule is CCC1=C(OC)C(CC)(CC)C2OC(c3ccccc3)=CC(=O)C2=C1O. The standard InChI is InChI=1S/C22H26O4/c1-5-15-19(24)18-16(23)13-17(14-11-9-8-10-12-14)26-21(18)22(6-2,7-3)20(15)25-4/h8-13,21,24H,5-7H2,1-4H3. The zero-order valence-electron chi connectivity index (χ0n) is 15.8. The third-order valence-corrected chi connectivity index (χ3v) is 5.68. The molecule has 26 heavy (non-hydrogen) atoms. The van der Waals surface area contributed by atoms with Gasteiger partial charge in [-0.05, 0) is 19.3 Å². The van der Waals surface area contributed by atoms with Crippen molar-refractivity contribution in [1.82, 2.24) is 0 Å². The summed E-state index contributed by atoms with van der Waals surface area (Å²) < 4.78 is 12.1. The summed E-state index contributed by atoms with van der Waals surface area (Å²) in [6, 6.07) is 9.59. The number of carbonyl (C=O) groups is 1. The second kappa shape index (κ2) is 7.02. The first kappa shape index (κ1) is 18.3. The summed E-state index contributed by atoms with van der Waals surface area (Å²) in [7, 11) is 1.63. The number of ether oxygens (including phenoxy) is 2. The molecule has 1 aliphatic carbocycles. The van der Waals surface area contributed by atoms with Crippen molar-refractivity contribution < 1.29 is 19.4 Å². The van der Waals surface area contributed by atoms with E-state index in [0.29, 0.717) is 23.3 Å². The number of rotatable bonds is 5. The fraction of sp³-hybridized carbons (Fsp3) is 0.409. The van der Waals surface area contributed by atoms with Gasteiger partial charge in [0.15, 0.2) is 5.78 Å². The molecule has 3 rings (SSSR count). The van der Waals surface area contributed by atoms with E-state index < -0.39 is 11.5 Å². The molecule has 0 fully saturated rings. The van der Waals surface area contributed by atoms with Crippen molar-refractivity contribution in [1.29, 1.82) is 0 Å². The van der Waals surface area contributed by atoms with Gasteiger partial charge in [0, 0.05) is 17.2 Å². The Kier molecular flexibility index (Phi) is 4.94. The van der Waals surface area contributed by atoms with E-state index in [4.69, 9.17) is 9.47 Å². The molecule has 0 amide bonds. The van der Waals surface area contributed by atoms with Crippen molar-refractivity contribution in [2.75, 3.05) is 7.11 Å². The third-order valence-electron chi connectivity index (χ3n) is 5.68. The molecule has 1 aliphatic heterocycles. The first-order valence-electron chi connectivity index (χ1n) is 9.23. The number of allylic oxidation sites excluding steroid dienone is 2. The van der Waals surface area contributed by atoms with Crippen LogP contribution in [-0.2, 0) is 14.3 Å². The first-order valence-corrected chi connectivity index (χ1v) is 9.23. The maximum atomic E-state index is 13.0. The van der Waals surface area contributed by atoms with Gasteiger partial charge in [-0.1, -0.05) is 51.1 Å². The second-order valence-electron chi connectivity index (χ2n) is 6.73. The Morgan fingerprint density at radius 1 is 1.15 bits per heavy atom. The number of hydrogen-bond acceptors (Lipinski definition) is 4. The lowest BCUT2D eigenvalue weighted by molar-refractivity contribution is -0.115. The zero-order chi connectivity index (χ0) is 18.9. The van der Waals surface area contributed by atoms with Gasteiger partial charge in [0.2, 0.25) is 0 Å². The minimum absolute atomic E-state index is 0.0141. The van der Waals surface area contributed by atoms with E-state index in [-0.39, 0.29) is 11.5 Å². The van der Waals surface area contributed by atoms with E-state index in [9.17, 15) is 9.90 Å². The third kappa shape index (κ3) is 2.56. The predicted octanol–water partition coefficient (Wildman–Crippen LogP) is 4.94. The highest BCUT2D eigenvalue weighted by molar-refractivity contribution is 6.10. The van der Waals surface area contributed by atoms with Crippen LogP contribution >= 0.6 is 0 Å². The summed E-state index contributed by atoms with van der Waals surface area (Å²) in [4.78, 5) is 13.0. The second-order valence-corrected chi connectivity index (χ2v) is 6.73. The van der Waals surface area contributed by atoms with Crippen molar-refractivity contribution in [2.24, 2.45) is 5.41 Å². The van der Waals surface area contributed by atoms with Crippen LogP contribution in [0.5, 0.6) is 0 Å². The van der Waals surface area contributed by atoms with Crippen LogP contribution in [0.15, 0.2) is 59.1 Å². The number of fused-ring (bicyclic) bond motifs is 1. The van der Waals surface area contributed by atoms with Crippen molar-refractivity contribution in [3.63, 3.8) is 0 Å². The Labute approximate surface area is 154 Å². The highest BCUT2D eigenvalue weighted by Crippen LogP contribution is 2.52. The van der Waals surface area contributed by atoms with E-state index in [2.05, 4.69) is 13.8 Å². The summed E-state index contributed by atoms with van der Waals surface area (Å²) in [5.74, 6) is 1.10. The van der Waals surface area contributed by atoms with E-state index in [1.54, 1.807) is 7.11 Å². The van der Waals surface area contributed by atoms with E-state index in [1.165, 1.54) is 6.08 Å². The fourth-order valence-electron chi connectivity index (χ4n) is 4.22. The number of aliphatic hydroxyl groups is 1. The molecule has 0 aromatic heterocycles. The molecule has 0 bridgehead atoms. The van der Waals surface area contributed by atoms with Crippen LogP contribution in [0.25, 0.3) is 5.76 Å². The summed E-state index contributed by atoms with van der Waals surface area (Å²) in [6.07, 6.45) is 3.00. The maximum absolute atomic E-state index is 13.0. The molecule has 0 saturated carbocycles. The van der Waals surface area contributed by atoms with Gasteiger partial charge >= 0.3 is 0 Å². The Morgan fingerprint density at radius 2 is 1.81 bits per heavy atom. The number of ketones is 1. The number of aliphatic hydroxyl groups excluding tert-OH is 1. The molecule has 1 N–H and O–H groups in total. The van der Waals surface area contributed by atoms with Gasteiger partial charge in [0.25, 0.3) is 0 Å². The van der Waals surface area contributed by atoms with Crippen molar-refractivity contribution >= 4 is 11.5 Å². The summed E-state index contributed by atoms with van der Waals surface area (Å²) >= 11 is 0. The van der Waals surface area contributed by atoms with Crippen LogP contribution in [0.1, 0.15) is 45.6 Å². The Morgan fingerprint density at radius 3 is 2.35 bits per heavy atom. The molecule has 138 valence electrons. The first-order chi connectivity index (χ1) is 12.5. The predicted molar refractivity (Wildman–Crippen MR) is 101 cm³/mol. The molecule has 0 saturated heterocycles. The van der Waals surface area contributed by atoms with Crippen molar-refractivity contribution in [3.8, 4) is 0 Å². The smallest absolute Gasteiger partial charge is 0.193 e. The van der Waals surface area contributed by atoms with Gasteiger partial charge < -0.3 is 14.6 Å². The number of benzene rings is 1. The van der Waals surface area contributed by atoms with E-state index in [1.807, 2.05) is 37.3 Å². The van der Waals surface area contributed by atoms with E-state index in [0.717, 1.165) is 24.2 Å². The molecule has 1 unspecified atom stereocenters. The van der Waals surface area contributed by atoms with Crippen LogP contribution in [-0.4, -0.2) is 24.1 Å². The molecular weight excluding hydrogens is 328 g/mol. The number of carbonyl (C=O) groups excluding carboxylic acids is 1. The Bertz CT molecular complexity index is 795. The minimum atomic E-state index is -0.560. The van der Waals surface area contributed by atoms with Gasteiger partial charge in [0.1, 0.15) is 23.4 Å².